The van der Waals surface area contributed by atoms with Gasteiger partial charge in [0.1, 0.15) is 5.76 Å². The molecule has 0 unspecified atom stereocenters. The summed E-state index contributed by atoms with van der Waals surface area (Å²) in [6.45, 7) is 5.50. The average Bonchev–Trinajstić information content (AvgIpc) is 2.83. The highest BCUT2D eigenvalue weighted by molar-refractivity contribution is 5.89. The SMILES string of the molecule is Cc1cc(NC(=O)CCN2CCN(CC(=O)O)CC2)no1. The highest BCUT2D eigenvalue weighted by Gasteiger charge is 2.19. The Morgan fingerprint density at radius 1 is 1.33 bits per heavy atom. The number of carbonyl (C=O) groups excluding carboxylic acids is 1. The van der Waals surface area contributed by atoms with Crippen LogP contribution in [0.3, 0.4) is 0 Å². The van der Waals surface area contributed by atoms with Crippen molar-refractivity contribution in [3.05, 3.63) is 11.8 Å². The maximum atomic E-state index is 11.8. The summed E-state index contributed by atoms with van der Waals surface area (Å²) in [4.78, 5) is 26.4. The number of carboxylic acid groups (broad SMARTS) is 1. The van der Waals surface area contributed by atoms with E-state index < -0.39 is 5.97 Å². The van der Waals surface area contributed by atoms with E-state index in [1.807, 2.05) is 4.90 Å². The highest BCUT2D eigenvalue weighted by atomic mass is 16.5. The van der Waals surface area contributed by atoms with Gasteiger partial charge in [-0.05, 0) is 6.92 Å². The zero-order chi connectivity index (χ0) is 15.2. The minimum atomic E-state index is -0.800. The van der Waals surface area contributed by atoms with Crippen molar-refractivity contribution in [3.63, 3.8) is 0 Å². The molecule has 1 aromatic rings. The van der Waals surface area contributed by atoms with E-state index in [1.165, 1.54) is 0 Å². The van der Waals surface area contributed by atoms with Crippen molar-refractivity contribution in [3.8, 4) is 0 Å². The van der Waals surface area contributed by atoms with Crippen LogP contribution in [-0.2, 0) is 9.59 Å². The Morgan fingerprint density at radius 2 is 2.00 bits per heavy atom. The number of aromatic nitrogens is 1. The van der Waals surface area contributed by atoms with Crippen LogP contribution < -0.4 is 5.32 Å². The second-order valence-corrected chi connectivity index (χ2v) is 5.13. The predicted octanol–water partition coefficient (Wildman–Crippen LogP) is 0.0138. The van der Waals surface area contributed by atoms with Crippen molar-refractivity contribution in [2.75, 3.05) is 44.6 Å². The van der Waals surface area contributed by atoms with E-state index in [-0.39, 0.29) is 12.5 Å². The Morgan fingerprint density at radius 3 is 2.57 bits per heavy atom. The molecular formula is C13H20N4O4. The molecule has 1 aromatic heterocycles. The molecule has 8 nitrogen and oxygen atoms in total. The molecule has 8 heteroatoms. The van der Waals surface area contributed by atoms with Gasteiger partial charge in [0.15, 0.2) is 5.82 Å². The third kappa shape index (κ3) is 5.16. The Balaban J connectivity index is 1.65. The monoisotopic (exact) mass is 296 g/mol. The van der Waals surface area contributed by atoms with Crippen molar-refractivity contribution in [2.45, 2.75) is 13.3 Å². The maximum absolute atomic E-state index is 11.8. The van der Waals surface area contributed by atoms with E-state index >= 15 is 0 Å². The molecule has 2 rings (SSSR count). The molecule has 1 aliphatic heterocycles. The van der Waals surface area contributed by atoms with E-state index in [4.69, 9.17) is 9.63 Å². The van der Waals surface area contributed by atoms with Gasteiger partial charge >= 0.3 is 5.97 Å². The number of anilines is 1. The third-order valence-corrected chi connectivity index (χ3v) is 3.37. The lowest BCUT2D eigenvalue weighted by Gasteiger charge is -2.33. The summed E-state index contributed by atoms with van der Waals surface area (Å²) < 4.78 is 4.87. The van der Waals surface area contributed by atoms with Gasteiger partial charge in [0, 0.05) is 45.2 Å². The third-order valence-electron chi connectivity index (χ3n) is 3.37. The molecule has 116 valence electrons. The van der Waals surface area contributed by atoms with Crippen molar-refractivity contribution in [1.82, 2.24) is 15.0 Å². The molecule has 1 aliphatic rings. The molecule has 1 saturated heterocycles. The van der Waals surface area contributed by atoms with Gasteiger partial charge in [-0.3, -0.25) is 14.5 Å². The second kappa shape index (κ2) is 7.19. The molecule has 0 radical (unpaired) electrons. The minimum Gasteiger partial charge on any atom is -0.480 e. The predicted molar refractivity (Wildman–Crippen MR) is 75.0 cm³/mol. The van der Waals surface area contributed by atoms with Gasteiger partial charge in [-0.25, -0.2) is 0 Å². The van der Waals surface area contributed by atoms with Crippen molar-refractivity contribution in [1.29, 1.82) is 0 Å². The summed E-state index contributed by atoms with van der Waals surface area (Å²) in [6, 6.07) is 1.67. The largest absolute Gasteiger partial charge is 0.480 e. The van der Waals surface area contributed by atoms with Gasteiger partial charge < -0.3 is 19.8 Å². The number of carbonyl (C=O) groups is 2. The number of hydrogen-bond acceptors (Lipinski definition) is 6. The van der Waals surface area contributed by atoms with Crippen LogP contribution in [0.4, 0.5) is 5.82 Å². The molecule has 2 N–H and O–H groups in total. The minimum absolute atomic E-state index is 0.0832. The van der Waals surface area contributed by atoms with Crippen molar-refractivity contribution in [2.24, 2.45) is 0 Å². The van der Waals surface area contributed by atoms with E-state index in [0.29, 0.717) is 24.5 Å². The smallest absolute Gasteiger partial charge is 0.317 e. The van der Waals surface area contributed by atoms with Crippen molar-refractivity contribution < 1.29 is 19.2 Å². The molecule has 0 saturated carbocycles. The summed E-state index contributed by atoms with van der Waals surface area (Å²) >= 11 is 0. The number of piperazine rings is 1. The number of aryl methyl sites for hydroxylation is 1. The molecule has 0 atom stereocenters. The lowest BCUT2D eigenvalue weighted by molar-refractivity contribution is -0.138. The highest BCUT2D eigenvalue weighted by Crippen LogP contribution is 2.08. The number of carboxylic acids is 1. The van der Waals surface area contributed by atoms with Crippen LogP contribution in [0.1, 0.15) is 12.2 Å². The van der Waals surface area contributed by atoms with Crippen LogP contribution in [0.15, 0.2) is 10.6 Å². The van der Waals surface area contributed by atoms with Crippen LogP contribution in [0.2, 0.25) is 0 Å². The lowest BCUT2D eigenvalue weighted by atomic mass is 10.3. The van der Waals surface area contributed by atoms with Crippen LogP contribution >= 0.6 is 0 Å². The number of rotatable bonds is 6. The molecule has 1 fully saturated rings. The van der Waals surface area contributed by atoms with E-state index in [2.05, 4.69) is 15.4 Å². The average molecular weight is 296 g/mol. The first-order valence-electron chi connectivity index (χ1n) is 6.92. The van der Waals surface area contributed by atoms with Gasteiger partial charge in [0.05, 0.1) is 6.54 Å². The van der Waals surface area contributed by atoms with Gasteiger partial charge in [0.2, 0.25) is 5.91 Å². The van der Waals surface area contributed by atoms with E-state index in [9.17, 15) is 9.59 Å². The number of nitrogens with zero attached hydrogens (tertiary/aromatic N) is 3. The molecule has 1 amide bonds. The summed E-state index contributed by atoms with van der Waals surface area (Å²) in [5.74, 6) is 0.186. The first-order valence-corrected chi connectivity index (χ1v) is 6.92. The van der Waals surface area contributed by atoms with E-state index in [1.54, 1.807) is 13.0 Å². The second-order valence-electron chi connectivity index (χ2n) is 5.13. The molecule has 0 aromatic carbocycles. The fraction of sp³-hybridized carbons (Fsp3) is 0.615. The number of amides is 1. The Hall–Kier alpha value is -1.93. The standard InChI is InChI=1S/C13H20N4O4/c1-10-8-11(15-21-10)14-12(18)2-3-16-4-6-17(7-5-16)9-13(19)20/h8H,2-7,9H2,1H3,(H,19,20)(H,14,15,18). The zero-order valence-corrected chi connectivity index (χ0v) is 12.0. The zero-order valence-electron chi connectivity index (χ0n) is 12.0. The number of hydrogen-bond donors (Lipinski definition) is 2. The van der Waals surface area contributed by atoms with Gasteiger partial charge in [-0.1, -0.05) is 5.16 Å². The summed E-state index contributed by atoms with van der Waals surface area (Å²) in [5, 5.41) is 15.1. The van der Waals surface area contributed by atoms with Crippen LogP contribution in [0.5, 0.6) is 0 Å². The first-order chi connectivity index (χ1) is 10.0. The van der Waals surface area contributed by atoms with Crippen LogP contribution in [0, 0.1) is 6.92 Å². The normalized spacial score (nSPS) is 16.8. The lowest BCUT2D eigenvalue weighted by Crippen LogP contribution is -2.48. The van der Waals surface area contributed by atoms with Crippen LogP contribution in [-0.4, -0.2) is 71.2 Å². The van der Waals surface area contributed by atoms with Gasteiger partial charge in [-0.2, -0.15) is 0 Å². The fourth-order valence-electron chi connectivity index (χ4n) is 2.25. The molecule has 2 heterocycles. The molecular weight excluding hydrogens is 276 g/mol. The summed E-state index contributed by atoms with van der Waals surface area (Å²) in [5.41, 5.74) is 0. The van der Waals surface area contributed by atoms with Gasteiger partial charge in [-0.15, -0.1) is 0 Å². The maximum Gasteiger partial charge on any atom is 0.317 e. The van der Waals surface area contributed by atoms with Crippen molar-refractivity contribution >= 4 is 17.7 Å². The Labute approximate surface area is 122 Å². The number of aliphatic carboxylic acids is 1. The fourth-order valence-corrected chi connectivity index (χ4v) is 2.25. The molecule has 0 bridgehead atoms. The topological polar surface area (TPSA) is 98.9 Å². The summed E-state index contributed by atoms with van der Waals surface area (Å²) in [6.07, 6.45) is 0.380. The molecule has 0 aliphatic carbocycles. The van der Waals surface area contributed by atoms with E-state index in [0.717, 1.165) is 26.2 Å². The quantitative estimate of drug-likeness (QED) is 0.763. The Bertz CT molecular complexity index is 494. The Kier molecular flexibility index (Phi) is 5.29. The van der Waals surface area contributed by atoms with Crippen LogP contribution in [0.25, 0.3) is 0 Å². The first kappa shape index (κ1) is 15.5. The van der Waals surface area contributed by atoms with Gasteiger partial charge in [0.25, 0.3) is 0 Å². The summed E-state index contributed by atoms with van der Waals surface area (Å²) in [7, 11) is 0. The molecule has 21 heavy (non-hydrogen) atoms. The molecule has 0 spiro atoms. The number of nitrogens with one attached hydrogen (secondary N) is 1.